The van der Waals surface area contributed by atoms with Crippen molar-refractivity contribution < 1.29 is 5.11 Å². The number of rotatable bonds is 4. The standard InChI is InChI=1S/C29H48O/c1-19(8-9-20(2)27(3,4)5)24-12-13-25-23-11-10-21-18-22(30)14-16-28(21,6)26(23)15-17-29(24,25)7/h10,19,22-26,30H,2,8-9,11-18H2,1,3-7H3/t19-,22+,23-,24-,25-,26-,28+,29-/m1/s1. The van der Waals surface area contributed by atoms with Gasteiger partial charge in [0, 0.05) is 0 Å². The van der Waals surface area contributed by atoms with E-state index in [0.29, 0.717) is 10.8 Å². The van der Waals surface area contributed by atoms with Crippen molar-refractivity contribution in [3.8, 4) is 0 Å². The summed E-state index contributed by atoms with van der Waals surface area (Å²) in [7, 11) is 0. The molecule has 8 atom stereocenters. The Kier molecular flexibility index (Phi) is 5.87. The normalized spacial score (nSPS) is 44.5. The maximum Gasteiger partial charge on any atom is 0.0577 e. The second-order valence-electron chi connectivity index (χ2n) is 13.3. The van der Waals surface area contributed by atoms with E-state index in [1.165, 1.54) is 56.9 Å². The van der Waals surface area contributed by atoms with Crippen molar-refractivity contribution in [1.29, 1.82) is 0 Å². The fourth-order valence-electron chi connectivity index (χ4n) is 8.60. The van der Waals surface area contributed by atoms with Gasteiger partial charge in [-0.2, -0.15) is 0 Å². The summed E-state index contributed by atoms with van der Waals surface area (Å²) < 4.78 is 0. The predicted molar refractivity (Wildman–Crippen MR) is 128 cm³/mol. The lowest BCUT2D eigenvalue weighted by Crippen LogP contribution is -2.50. The molecule has 0 unspecified atom stereocenters. The van der Waals surface area contributed by atoms with Crippen LogP contribution in [0.4, 0.5) is 0 Å². The number of fused-ring (bicyclic) bond motifs is 5. The van der Waals surface area contributed by atoms with Gasteiger partial charge in [-0.25, -0.2) is 0 Å². The second kappa shape index (κ2) is 7.79. The molecule has 0 saturated heterocycles. The van der Waals surface area contributed by atoms with Gasteiger partial charge in [0.1, 0.15) is 0 Å². The SMILES string of the molecule is C=C(CC[C@@H](C)[C@H]1CC[C@@H]2[C@H]3CC=C4C[C@@H](O)CC[C@]4(C)[C@@H]3CC[C@@]21C)C(C)(C)C. The number of hydrogen-bond donors (Lipinski definition) is 1. The van der Waals surface area contributed by atoms with Gasteiger partial charge >= 0.3 is 0 Å². The van der Waals surface area contributed by atoms with Crippen molar-refractivity contribution in [2.45, 2.75) is 112 Å². The molecule has 0 heterocycles. The van der Waals surface area contributed by atoms with Gasteiger partial charge in [-0.15, -0.1) is 0 Å². The number of hydrogen-bond acceptors (Lipinski definition) is 1. The van der Waals surface area contributed by atoms with Crippen LogP contribution in [0.25, 0.3) is 0 Å². The van der Waals surface area contributed by atoms with Gasteiger partial charge in [-0.3, -0.25) is 0 Å². The average Bonchev–Trinajstić information content (AvgIpc) is 3.03. The van der Waals surface area contributed by atoms with Crippen LogP contribution in [0.1, 0.15) is 106 Å². The first-order valence-electron chi connectivity index (χ1n) is 13.0. The van der Waals surface area contributed by atoms with Crippen LogP contribution < -0.4 is 0 Å². The molecule has 30 heavy (non-hydrogen) atoms. The molecule has 4 rings (SSSR count). The molecule has 0 aromatic heterocycles. The molecule has 0 aromatic rings. The maximum absolute atomic E-state index is 10.2. The number of allylic oxidation sites excluding steroid dienone is 2. The van der Waals surface area contributed by atoms with Gasteiger partial charge < -0.3 is 5.11 Å². The molecule has 0 spiro atoms. The minimum atomic E-state index is -0.0886. The summed E-state index contributed by atoms with van der Waals surface area (Å²) in [6, 6.07) is 0. The van der Waals surface area contributed by atoms with Crippen LogP contribution in [0.5, 0.6) is 0 Å². The van der Waals surface area contributed by atoms with Crippen LogP contribution in [-0.4, -0.2) is 11.2 Å². The number of aliphatic hydroxyl groups is 1. The molecule has 1 heteroatoms. The lowest BCUT2D eigenvalue weighted by atomic mass is 9.47. The summed E-state index contributed by atoms with van der Waals surface area (Å²) in [5, 5.41) is 10.2. The molecule has 0 aromatic carbocycles. The molecule has 3 saturated carbocycles. The third-order valence-corrected chi connectivity index (χ3v) is 10.8. The van der Waals surface area contributed by atoms with E-state index in [1.807, 2.05) is 0 Å². The van der Waals surface area contributed by atoms with Crippen LogP contribution in [0.15, 0.2) is 23.8 Å². The van der Waals surface area contributed by atoms with E-state index in [4.69, 9.17) is 0 Å². The summed E-state index contributed by atoms with van der Waals surface area (Å²) in [6.07, 6.45) is 15.2. The average molecular weight is 413 g/mol. The first-order chi connectivity index (χ1) is 14.0. The van der Waals surface area contributed by atoms with E-state index in [2.05, 4.69) is 54.2 Å². The van der Waals surface area contributed by atoms with Crippen molar-refractivity contribution in [2.24, 2.45) is 45.8 Å². The Morgan fingerprint density at radius 2 is 1.87 bits per heavy atom. The summed E-state index contributed by atoms with van der Waals surface area (Å²) >= 11 is 0. The Morgan fingerprint density at radius 1 is 1.13 bits per heavy atom. The maximum atomic E-state index is 10.2. The summed E-state index contributed by atoms with van der Waals surface area (Å²) in [5.41, 5.74) is 4.19. The molecule has 4 aliphatic carbocycles. The fraction of sp³-hybridized carbons (Fsp3) is 0.862. The largest absolute Gasteiger partial charge is 0.393 e. The van der Waals surface area contributed by atoms with Gasteiger partial charge in [0.2, 0.25) is 0 Å². The van der Waals surface area contributed by atoms with E-state index in [-0.39, 0.29) is 11.5 Å². The molecule has 0 radical (unpaired) electrons. The van der Waals surface area contributed by atoms with Crippen LogP contribution >= 0.6 is 0 Å². The zero-order valence-corrected chi connectivity index (χ0v) is 20.8. The minimum absolute atomic E-state index is 0.0886. The molecule has 0 aliphatic heterocycles. The predicted octanol–water partition coefficient (Wildman–Crippen LogP) is 7.94. The quantitative estimate of drug-likeness (QED) is 0.464. The highest BCUT2D eigenvalue weighted by Crippen LogP contribution is 2.67. The van der Waals surface area contributed by atoms with Gasteiger partial charge in [0.05, 0.1) is 6.10 Å². The molecule has 0 amide bonds. The Hall–Kier alpha value is -0.560. The summed E-state index contributed by atoms with van der Waals surface area (Å²) in [4.78, 5) is 0. The third-order valence-electron chi connectivity index (χ3n) is 10.8. The lowest BCUT2D eigenvalue weighted by molar-refractivity contribution is -0.0571. The van der Waals surface area contributed by atoms with Crippen LogP contribution in [0.3, 0.4) is 0 Å². The van der Waals surface area contributed by atoms with Gasteiger partial charge in [-0.05, 0) is 110 Å². The Bertz CT molecular complexity index is 696. The summed E-state index contributed by atoms with van der Waals surface area (Å²) in [5.74, 6) is 4.36. The Balaban J connectivity index is 1.48. The van der Waals surface area contributed by atoms with Crippen LogP contribution in [-0.2, 0) is 0 Å². The highest BCUT2D eigenvalue weighted by atomic mass is 16.3. The van der Waals surface area contributed by atoms with Crippen molar-refractivity contribution in [3.05, 3.63) is 23.8 Å². The van der Waals surface area contributed by atoms with E-state index in [1.54, 1.807) is 5.57 Å². The van der Waals surface area contributed by atoms with Crippen molar-refractivity contribution >= 4 is 0 Å². The molecule has 4 aliphatic rings. The van der Waals surface area contributed by atoms with Crippen LogP contribution in [0, 0.1) is 45.8 Å². The van der Waals surface area contributed by atoms with E-state index in [0.717, 1.165) is 42.4 Å². The van der Waals surface area contributed by atoms with E-state index < -0.39 is 0 Å². The fourth-order valence-corrected chi connectivity index (χ4v) is 8.60. The van der Waals surface area contributed by atoms with Gasteiger partial charge in [0.15, 0.2) is 0 Å². The second-order valence-corrected chi connectivity index (χ2v) is 13.3. The van der Waals surface area contributed by atoms with E-state index in [9.17, 15) is 5.11 Å². The molecule has 3 fully saturated rings. The highest BCUT2D eigenvalue weighted by Gasteiger charge is 2.59. The molecule has 1 N–H and O–H groups in total. The lowest BCUT2D eigenvalue weighted by Gasteiger charge is -2.58. The number of aliphatic hydroxyl groups excluding tert-OH is 1. The van der Waals surface area contributed by atoms with Gasteiger partial charge in [0.25, 0.3) is 0 Å². The molecule has 0 bridgehead atoms. The summed E-state index contributed by atoms with van der Waals surface area (Å²) in [6.45, 7) is 19.1. The molecule has 170 valence electrons. The molecule has 1 nitrogen and oxygen atoms in total. The smallest absolute Gasteiger partial charge is 0.0577 e. The van der Waals surface area contributed by atoms with Crippen molar-refractivity contribution in [1.82, 2.24) is 0 Å². The van der Waals surface area contributed by atoms with E-state index >= 15 is 0 Å². The zero-order valence-electron chi connectivity index (χ0n) is 20.8. The Morgan fingerprint density at radius 3 is 2.57 bits per heavy atom. The topological polar surface area (TPSA) is 20.2 Å². The first kappa shape index (κ1) is 22.6. The molecular formula is C29H48O. The van der Waals surface area contributed by atoms with Crippen LogP contribution in [0.2, 0.25) is 0 Å². The van der Waals surface area contributed by atoms with Crippen molar-refractivity contribution in [3.63, 3.8) is 0 Å². The Labute approximate surface area is 186 Å². The molecular weight excluding hydrogens is 364 g/mol. The first-order valence-corrected chi connectivity index (χ1v) is 13.0. The third kappa shape index (κ3) is 3.66. The minimum Gasteiger partial charge on any atom is -0.393 e. The highest BCUT2D eigenvalue weighted by molar-refractivity contribution is 5.25. The van der Waals surface area contributed by atoms with Gasteiger partial charge in [-0.1, -0.05) is 65.3 Å². The monoisotopic (exact) mass is 412 g/mol. The zero-order chi connectivity index (χ0) is 21.9. The van der Waals surface area contributed by atoms with Crippen molar-refractivity contribution in [2.75, 3.05) is 0 Å².